The zero-order valence-corrected chi connectivity index (χ0v) is 16.7. The fourth-order valence-corrected chi connectivity index (χ4v) is 1.74. The number of nitrogens with zero attached hydrogens (tertiary/aromatic N) is 2. The lowest BCUT2D eigenvalue weighted by Gasteiger charge is -2.25. The van der Waals surface area contributed by atoms with Crippen molar-refractivity contribution in [3.05, 3.63) is 0 Å². The van der Waals surface area contributed by atoms with Gasteiger partial charge in [-0.1, -0.05) is 13.8 Å². The molecule has 0 heterocycles. The lowest BCUT2D eigenvalue weighted by Crippen LogP contribution is -2.40. The van der Waals surface area contributed by atoms with Crippen molar-refractivity contribution >= 4 is 17.7 Å². The standard InChI is InChI=1S/C17H34N4O5/c1-11(2)16(19)17(23)25-9-14(8-24-15(22)7-18)26-10-21(6)13(5)20-12(3)4/h11,13-14,16H,7-10,18-19H2,1-6H3. The van der Waals surface area contributed by atoms with Crippen LogP contribution < -0.4 is 11.5 Å². The molecule has 0 aliphatic heterocycles. The van der Waals surface area contributed by atoms with Gasteiger partial charge in [0.05, 0.1) is 6.54 Å². The molecule has 0 aliphatic rings. The second kappa shape index (κ2) is 12.7. The Balaban J connectivity index is 4.66. The zero-order chi connectivity index (χ0) is 20.3. The minimum Gasteiger partial charge on any atom is -0.462 e. The van der Waals surface area contributed by atoms with Gasteiger partial charge in [0.1, 0.15) is 38.3 Å². The Morgan fingerprint density at radius 2 is 1.69 bits per heavy atom. The Hall–Kier alpha value is -1.55. The molecule has 0 aromatic heterocycles. The minimum absolute atomic E-state index is 0.0425. The SMILES string of the molecule is CC(C)=NC(C)N(C)COC(COC(=O)CN)COC(=O)C(N)C(C)C. The number of esters is 2. The van der Waals surface area contributed by atoms with Crippen molar-refractivity contribution in [2.24, 2.45) is 22.4 Å². The molecule has 0 amide bonds. The van der Waals surface area contributed by atoms with Crippen molar-refractivity contribution in [3.8, 4) is 0 Å². The van der Waals surface area contributed by atoms with Gasteiger partial charge < -0.3 is 25.7 Å². The van der Waals surface area contributed by atoms with Crippen LogP contribution in [0.3, 0.4) is 0 Å². The van der Waals surface area contributed by atoms with Crippen molar-refractivity contribution in [1.82, 2.24) is 4.90 Å². The molecule has 0 bridgehead atoms. The fraction of sp³-hybridized carbons (Fsp3) is 0.824. The molecule has 0 saturated heterocycles. The number of nitrogens with two attached hydrogens (primary N) is 2. The van der Waals surface area contributed by atoms with Gasteiger partial charge in [0.2, 0.25) is 0 Å². The maximum absolute atomic E-state index is 11.9. The number of carbonyl (C=O) groups is 2. The molecule has 9 heteroatoms. The van der Waals surface area contributed by atoms with Gasteiger partial charge in [0.15, 0.2) is 0 Å². The van der Waals surface area contributed by atoms with E-state index in [1.807, 2.05) is 46.6 Å². The number of hydrogen-bond donors (Lipinski definition) is 2. The van der Waals surface area contributed by atoms with Gasteiger partial charge in [-0.15, -0.1) is 0 Å². The van der Waals surface area contributed by atoms with Crippen LogP contribution in [0.15, 0.2) is 4.99 Å². The van der Waals surface area contributed by atoms with E-state index in [1.54, 1.807) is 0 Å². The first kappa shape index (κ1) is 24.5. The highest BCUT2D eigenvalue weighted by molar-refractivity contribution is 5.79. The summed E-state index contributed by atoms with van der Waals surface area (Å²) < 4.78 is 15.9. The van der Waals surface area contributed by atoms with E-state index in [-0.39, 0.29) is 38.6 Å². The molecule has 0 saturated carbocycles. The molecule has 3 unspecified atom stereocenters. The van der Waals surface area contributed by atoms with Crippen molar-refractivity contribution in [2.45, 2.75) is 52.9 Å². The van der Waals surface area contributed by atoms with Crippen LogP contribution in [0.5, 0.6) is 0 Å². The predicted octanol–water partition coefficient (Wildman–Crippen LogP) is 0.116. The Morgan fingerprint density at radius 3 is 2.19 bits per heavy atom. The van der Waals surface area contributed by atoms with E-state index in [4.69, 9.17) is 25.7 Å². The number of hydrogen-bond acceptors (Lipinski definition) is 9. The van der Waals surface area contributed by atoms with E-state index in [2.05, 4.69) is 4.99 Å². The summed E-state index contributed by atoms with van der Waals surface area (Å²) in [5.74, 6) is -1.12. The zero-order valence-electron chi connectivity index (χ0n) is 16.7. The van der Waals surface area contributed by atoms with Gasteiger partial charge in [0, 0.05) is 5.71 Å². The van der Waals surface area contributed by atoms with Crippen LogP contribution >= 0.6 is 0 Å². The van der Waals surface area contributed by atoms with Gasteiger partial charge >= 0.3 is 11.9 Å². The lowest BCUT2D eigenvalue weighted by molar-refractivity contribution is -0.159. The van der Waals surface area contributed by atoms with Gasteiger partial charge in [-0.05, 0) is 33.7 Å². The lowest BCUT2D eigenvalue weighted by atomic mass is 10.1. The van der Waals surface area contributed by atoms with Crippen LogP contribution in [0.25, 0.3) is 0 Å². The van der Waals surface area contributed by atoms with Gasteiger partial charge in [-0.3, -0.25) is 19.5 Å². The quantitative estimate of drug-likeness (QED) is 0.280. The minimum atomic E-state index is -0.716. The molecule has 26 heavy (non-hydrogen) atoms. The van der Waals surface area contributed by atoms with E-state index in [0.29, 0.717) is 0 Å². The van der Waals surface area contributed by atoms with Crippen LogP contribution in [0.2, 0.25) is 0 Å². The average molecular weight is 374 g/mol. The molecule has 0 aliphatic carbocycles. The second-order valence-corrected chi connectivity index (χ2v) is 6.67. The van der Waals surface area contributed by atoms with Crippen LogP contribution in [0.1, 0.15) is 34.6 Å². The van der Waals surface area contributed by atoms with Gasteiger partial charge in [-0.2, -0.15) is 0 Å². The van der Waals surface area contributed by atoms with E-state index in [9.17, 15) is 9.59 Å². The summed E-state index contributed by atoms with van der Waals surface area (Å²) in [5.41, 5.74) is 11.9. The van der Waals surface area contributed by atoms with Crippen LogP contribution in [-0.2, 0) is 23.8 Å². The average Bonchev–Trinajstić information content (AvgIpc) is 2.58. The molecule has 3 atom stereocenters. The number of ether oxygens (including phenoxy) is 3. The summed E-state index contributed by atoms with van der Waals surface area (Å²) in [5, 5.41) is 0. The van der Waals surface area contributed by atoms with Crippen LogP contribution in [0.4, 0.5) is 0 Å². The molecule has 0 spiro atoms. The highest BCUT2D eigenvalue weighted by Crippen LogP contribution is 2.05. The summed E-state index contributed by atoms with van der Waals surface area (Å²) in [6.07, 6.45) is -0.709. The third kappa shape index (κ3) is 10.4. The third-order valence-corrected chi connectivity index (χ3v) is 3.60. The molecular weight excluding hydrogens is 340 g/mol. The predicted molar refractivity (Wildman–Crippen MR) is 99.5 cm³/mol. The largest absolute Gasteiger partial charge is 0.462 e. The fourth-order valence-electron chi connectivity index (χ4n) is 1.74. The number of aliphatic imine (C=N–C) groups is 1. The molecule has 0 aromatic carbocycles. The Bertz CT molecular complexity index is 466. The molecule has 0 radical (unpaired) electrons. The normalized spacial score (nSPS) is 14.7. The first-order chi connectivity index (χ1) is 12.1. The van der Waals surface area contributed by atoms with E-state index in [0.717, 1.165) is 5.71 Å². The monoisotopic (exact) mass is 374 g/mol. The topological polar surface area (TPSA) is 129 Å². The van der Waals surface area contributed by atoms with E-state index >= 15 is 0 Å². The number of carbonyl (C=O) groups excluding carboxylic acids is 2. The summed E-state index contributed by atoms with van der Waals surface area (Å²) in [6, 6.07) is -0.716. The van der Waals surface area contributed by atoms with Crippen LogP contribution in [0, 0.1) is 5.92 Å². The highest BCUT2D eigenvalue weighted by Gasteiger charge is 2.22. The Kier molecular flexibility index (Phi) is 12.0. The Labute approximate surface area is 156 Å². The molecule has 0 aromatic rings. The maximum Gasteiger partial charge on any atom is 0.323 e. The van der Waals surface area contributed by atoms with Gasteiger partial charge in [-0.25, -0.2) is 0 Å². The van der Waals surface area contributed by atoms with Crippen molar-refractivity contribution < 1.29 is 23.8 Å². The molecule has 152 valence electrons. The van der Waals surface area contributed by atoms with Crippen molar-refractivity contribution in [3.63, 3.8) is 0 Å². The Morgan fingerprint density at radius 1 is 1.12 bits per heavy atom. The highest BCUT2D eigenvalue weighted by atomic mass is 16.6. The van der Waals surface area contributed by atoms with Crippen molar-refractivity contribution in [2.75, 3.05) is 33.5 Å². The summed E-state index contributed by atoms with van der Waals surface area (Å²) in [4.78, 5) is 29.4. The first-order valence-corrected chi connectivity index (χ1v) is 8.69. The molecule has 9 nitrogen and oxygen atoms in total. The first-order valence-electron chi connectivity index (χ1n) is 8.69. The second-order valence-electron chi connectivity index (χ2n) is 6.67. The molecule has 0 fully saturated rings. The van der Waals surface area contributed by atoms with Crippen LogP contribution in [-0.4, -0.2) is 74.4 Å². The summed E-state index contributed by atoms with van der Waals surface area (Å²) >= 11 is 0. The van der Waals surface area contributed by atoms with E-state index in [1.165, 1.54) is 0 Å². The third-order valence-electron chi connectivity index (χ3n) is 3.60. The smallest absolute Gasteiger partial charge is 0.323 e. The van der Waals surface area contributed by atoms with Crippen molar-refractivity contribution in [1.29, 1.82) is 0 Å². The molecular formula is C17H34N4O5. The summed E-state index contributed by atoms with van der Waals surface area (Å²) in [7, 11) is 1.85. The van der Waals surface area contributed by atoms with Gasteiger partial charge in [0.25, 0.3) is 0 Å². The van der Waals surface area contributed by atoms with E-state index < -0.39 is 24.1 Å². The molecule has 0 rings (SSSR count). The molecule has 4 N–H and O–H groups in total. The maximum atomic E-state index is 11.9. The number of rotatable bonds is 12. The summed E-state index contributed by atoms with van der Waals surface area (Å²) in [6.45, 7) is 9.26.